The van der Waals surface area contributed by atoms with Gasteiger partial charge >= 0.3 is 12.0 Å². The topological polar surface area (TPSA) is 85.2 Å². The number of aromatic nitrogens is 4. The van der Waals surface area contributed by atoms with E-state index < -0.39 is 0 Å². The lowest BCUT2D eigenvalue weighted by molar-refractivity contribution is 0.230. The van der Waals surface area contributed by atoms with Crippen LogP contribution in [0.2, 0.25) is 0 Å². The van der Waals surface area contributed by atoms with Gasteiger partial charge in [-0.25, -0.2) is 4.79 Å². The summed E-state index contributed by atoms with van der Waals surface area (Å²) >= 11 is 0. The maximum absolute atomic E-state index is 11.6. The lowest BCUT2D eigenvalue weighted by atomic mass is 10.1. The van der Waals surface area contributed by atoms with Gasteiger partial charge in [-0.05, 0) is 55.5 Å². The van der Waals surface area contributed by atoms with Gasteiger partial charge in [0, 0.05) is 19.8 Å². The number of ether oxygens (including phenoxy) is 1. The largest absolute Gasteiger partial charge is 0.423 e. The van der Waals surface area contributed by atoms with E-state index in [9.17, 15) is 4.79 Å². The number of hydrogen-bond donors (Lipinski definition) is 1. The number of nitrogens with one attached hydrogen (secondary N) is 1. The van der Waals surface area contributed by atoms with Crippen molar-refractivity contribution in [1.82, 2.24) is 25.1 Å². The van der Waals surface area contributed by atoms with E-state index in [2.05, 4.69) is 20.8 Å². The standard InChI is InChI=1S/C14H20N6O2/c1-14(2,3)20-13(16-17-18-20)22-11-8-6-10(7-9-11)15-12(21)19(4)5/h6-9H,1-5H3,(H,15,21). The number of tetrazole rings is 1. The van der Waals surface area contributed by atoms with Gasteiger partial charge in [-0.1, -0.05) is 5.10 Å². The average molecular weight is 304 g/mol. The van der Waals surface area contributed by atoms with Gasteiger partial charge in [-0.2, -0.15) is 4.68 Å². The van der Waals surface area contributed by atoms with Gasteiger partial charge in [0.1, 0.15) is 5.75 Å². The molecule has 0 aliphatic carbocycles. The molecule has 2 rings (SSSR count). The second-order valence-corrected chi connectivity index (χ2v) is 6.00. The molecule has 1 aromatic heterocycles. The van der Waals surface area contributed by atoms with Gasteiger partial charge in [0.05, 0.1) is 5.54 Å². The lowest BCUT2D eigenvalue weighted by Crippen LogP contribution is -2.27. The van der Waals surface area contributed by atoms with E-state index in [1.165, 1.54) is 4.90 Å². The molecule has 1 N–H and O–H groups in total. The number of nitrogens with zero attached hydrogens (tertiary/aromatic N) is 5. The Morgan fingerprint density at radius 1 is 1.23 bits per heavy atom. The van der Waals surface area contributed by atoms with Gasteiger partial charge < -0.3 is 15.0 Å². The smallest absolute Gasteiger partial charge is 0.341 e. The predicted octanol–water partition coefficient (Wildman–Crippen LogP) is 2.31. The second kappa shape index (κ2) is 6.00. The van der Waals surface area contributed by atoms with E-state index >= 15 is 0 Å². The third kappa shape index (κ3) is 3.72. The SMILES string of the molecule is CN(C)C(=O)Nc1ccc(Oc2nnnn2C(C)(C)C)cc1. The fraction of sp³-hybridized carbons (Fsp3) is 0.429. The second-order valence-electron chi connectivity index (χ2n) is 6.00. The molecule has 0 spiro atoms. The van der Waals surface area contributed by atoms with Crippen molar-refractivity contribution in [3.8, 4) is 11.8 Å². The molecule has 22 heavy (non-hydrogen) atoms. The molecule has 0 atom stereocenters. The summed E-state index contributed by atoms with van der Waals surface area (Å²) in [5.74, 6) is 0.586. The Labute approximate surface area is 129 Å². The zero-order chi connectivity index (χ0) is 16.3. The van der Waals surface area contributed by atoms with E-state index in [0.29, 0.717) is 17.4 Å². The van der Waals surface area contributed by atoms with Crippen LogP contribution in [0.25, 0.3) is 0 Å². The van der Waals surface area contributed by atoms with Crippen LogP contribution in [0.15, 0.2) is 24.3 Å². The van der Waals surface area contributed by atoms with Crippen molar-refractivity contribution in [2.75, 3.05) is 19.4 Å². The molecule has 0 fully saturated rings. The fourth-order valence-electron chi connectivity index (χ4n) is 1.61. The highest BCUT2D eigenvalue weighted by Crippen LogP contribution is 2.24. The van der Waals surface area contributed by atoms with E-state index in [1.807, 2.05) is 20.8 Å². The first kappa shape index (κ1) is 15.7. The Kier molecular flexibility index (Phi) is 4.30. The van der Waals surface area contributed by atoms with E-state index in [4.69, 9.17) is 4.74 Å². The van der Waals surface area contributed by atoms with E-state index in [-0.39, 0.29) is 11.6 Å². The number of benzene rings is 1. The number of rotatable bonds is 3. The lowest BCUT2D eigenvalue weighted by Gasteiger charge is -2.19. The summed E-state index contributed by atoms with van der Waals surface area (Å²) < 4.78 is 7.29. The highest BCUT2D eigenvalue weighted by Gasteiger charge is 2.21. The van der Waals surface area contributed by atoms with Crippen molar-refractivity contribution in [2.45, 2.75) is 26.3 Å². The van der Waals surface area contributed by atoms with Crippen molar-refractivity contribution < 1.29 is 9.53 Å². The monoisotopic (exact) mass is 304 g/mol. The van der Waals surface area contributed by atoms with Crippen molar-refractivity contribution in [3.63, 3.8) is 0 Å². The Balaban J connectivity index is 2.09. The number of carbonyl (C=O) groups excluding carboxylic acids is 1. The van der Waals surface area contributed by atoms with Crippen LogP contribution in [0, 0.1) is 0 Å². The Morgan fingerprint density at radius 2 is 1.86 bits per heavy atom. The summed E-state index contributed by atoms with van der Waals surface area (Å²) in [7, 11) is 3.36. The fourth-order valence-corrected chi connectivity index (χ4v) is 1.61. The number of urea groups is 1. The first-order valence-electron chi connectivity index (χ1n) is 6.82. The Hall–Kier alpha value is -2.64. The van der Waals surface area contributed by atoms with Crippen LogP contribution in [-0.4, -0.2) is 45.2 Å². The first-order valence-corrected chi connectivity index (χ1v) is 6.82. The number of carbonyl (C=O) groups is 1. The summed E-state index contributed by atoms with van der Waals surface area (Å²) in [6.07, 6.45) is 0. The predicted molar refractivity (Wildman–Crippen MR) is 82.0 cm³/mol. The minimum absolute atomic E-state index is 0.189. The highest BCUT2D eigenvalue weighted by molar-refractivity contribution is 5.88. The van der Waals surface area contributed by atoms with Gasteiger partial charge in [0.25, 0.3) is 0 Å². The molecule has 8 heteroatoms. The van der Waals surface area contributed by atoms with Gasteiger partial charge in [-0.15, -0.1) is 0 Å². The summed E-state index contributed by atoms with van der Waals surface area (Å²) in [5, 5.41) is 14.2. The average Bonchev–Trinajstić information content (AvgIpc) is 2.89. The van der Waals surface area contributed by atoms with Crippen LogP contribution in [0.1, 0.15) is 20.8 Å². The number of amides is 2. The van der Waals surface area contributed by atoms with Gasteiger partial charge in [0.15, 0.2) is 0 Å². The van der Waals surface area contributed by atoms with Crippen molar-refractivity contribution in [3.05, 3.63) is 24.3 Å². The molecular weight excluding hydrogens is 284 g/mol. The van der Waals surface area contributed by atoms with Gasteiger partial charge in [0.2, 0.25) is 0 Å². The van der Waals surface area contributed by atoms with Crippen LogP contribution < -0.4 is 10.1 Å². The zero-order valence-electron chi connectivity index (χ0n) is 13.4. The quantitative estimate of drug-likeness (QED) is 0.940. The molecule has 2 amide bonds. The Morgan fingerprint density at radius 3 is 2.41 bits per heavy atom. The third-order valence-electron chi connectivity index (χ3n) is 2.80. The minimum Gasteiger partial charge on any atom is -0.423 e. The molecule has 0 aliphatic rings. The minimum atomic E-state index is -0.279. The first-order chi connectivity index (χ1) is 10.3. The maximum Gasteiger partial charge on any atom is 0.341 e. The highest BCUT2D eigenvalue weighted by atomic mass is 16.5. The molecule has 1 aromatic carbocycles. The van der Waals surface area contributed by atoms with Crippen LogP contribution >= 0.6 is 0 Å². The van der Waals surface area contributed by atoms with Crippen molar-refractivity contribution >= 4 is 11.7 Å². The van der Waals surface area contributed by atoms with Crippen LogP contribution in [-0.2, 0) is 5.54 Å². The molecule has 0 bridgehead atoms. The van der Waals surface area contributed by atoms with Crippen molar-refractivity contribution in [1.29, 1.82) is 0 Å². The molecular formula is C14H20N6O2. The Bertz CT molecular complexity index is 642. The van der Waals surface area contributed by atoms with E-state index in [1.54, 1.807) is 43.0 Å². The summed E-state index contributed by atoms with van der Waals surface area (Å²) in [4.78, 5) is 13.0. The molecule has 118 valence electrons. The summed E-state index contributed by atoms with van der Waals surface area (Å²) in [5.41, 5.74) is 0.403. The molecule has 2 aromatic rings. The van der Waals surface area contributed by atoms with Gasteiger partial charge in [-0.3, -0.25) is 0 Å². The molecule has 0 aliphatic heterocycles. The normalized spacial score (nSPS) is 11.1. The molecule has 8 nitrogen and oxygen atoms in total. The summed E-state index contributed by atoms with van der Waals surface area (Å²) in [6.45, 7) is 5.95. The molecule has 0 saturated carbocycles. The molecule has 0 unspecified atom stereocenters. The third-order valence-corrected chi connectivity index (χ3v) is 2.80. The zero-order valence-corrected chi connectivity index (χ0v) is 13.4. The van der Waals surface area contributed by atoms with E-state index in [0.717, 1.165) is 0 Å². The maximum atomic E-state index is 11.6. The van der Waals surface area contributed by atoms with Crippen LogP contribution in [0.5, 0.6) is 11.8 Å². The molecule has 0 radical (unpaired) electrons. The molecule has 1 heterocycles. The van der Waals surface area contributed by atoms with Crippen LogP contribution in [0.3, 0.4) is 0 Å². The number of hydrogen-bond acceptors (Lipinski definition) is 5. The van der Waals surface area contributed by atoms with Crippen LogP contribution in [0.4, 0.5) is 10.5 Å². The van der Waals surface area contributed by atoms with Crippen molar-refractivity contribution in [2.24, 2.45) is 0 Å². The number of anilines is 1. The summed E-state index contributed by atoms with van der Waals surface area (Å²) in [6, 6.07) is 7.12. The molecule has 0 saturated heterocycles.